The summed E-state index contributed by atoms with van der Waals surface area (Å²) in [6, 6.07) is 1.74. The number of likely N-dealkylation sites (tertiary alicyclic amines) is 1. The smallest absolute Gasteiger partial charge is 0.269 e. The molecule has 1 aliphatic rings. The summed E-state index contributed by atoms with van der Waals surface area (Å²) < 4.78 is 0. The zero-order valence-electron chi connectivity index (χ0n) is 15.1. The van der Waals surface area contributed by atoms with Crippen LogP contribution >= 0.6 is 0 Å². The van der Waals surface area contributed by atoms with E-state index >= 15 is 0 Å². The summed E-state index contributed by atoms with van der Waals surface area (Å²) in [7, 11) is 1.59. The highest BCUT2D eigenvalue weighted by atomic mass is 16.2. The molecule has 0 spiro atoms. The fourth-order valence-electron chi connectivity index (χ4n) is 3.08. The number of hydrogen-bond donors (Lipinski definition) is 1. The molecule has 0 bridgehead atoms. The molecule has 24 heavy (non-hydrogen) atoms. The zero-order valence-corrected chi connectivity index (χ0v) is 15.1. The molecule has 0 saturated carbocycles. The van der Waals surface area contributed by atoms with Gasteiger partial charge in [0.1, 0.15) is 12.0 Å². The van der Waals surface area contributed by atoms with Crippen molar-refractivity contribution in [1.82, 2.24) is 20.2 Å². The maximum atomic E-state index is 12.4. The third-order valence-electron chi connectivity index (χ3n) is 4.23. The third kappa shape index (κ3) is 5.28. The highest BCUT2D eigenvalue weighted by molar-refractivity contribution is 5.91. The summed E-state index contributed by atoms with van der Waals surface area (Å²) in [4.78, 5) is 34.4. The second-order valence-electron chi connectivity index (χ2n) is 7.76. The molecule has 0 aliphatic carbocycles. The first-order chi connectivity index (χ1) is 11.3. The van der Waals surface area contributed by atoms with Gasteiger partial charge in [0.2, 0.25) is 5.91 Å². The Labute approximate surface area is 144 Å². The molecule has 1 aromatic heterocycles. The summed E-state index contributed by atoms with van der Waals surface area (Å²) in [6.07, 6.45) is 4.89. The molecular formula is C18H28N4O2. The molecule has 0 radical (unpaired) electrons. The summed E-state index contributed by atoms with van der Waals surface area (Å²) in [5, 5.41) is 2.57. The first-order valence-corrected chi connectivity index (χ1v) is 8.59. The standard InChI is InChI=1S/C18H28N4O2/c1-18(2,3)10-16(23)22-7-5-6-13(11-22)8-14-9-15(17(24)19-4)21-12-20-14/h9,12-13H,5-8,10-11H2,1-4H3,(H,19,24)/t13-/m1/s1. The number of carbonyl (C=O) groups is 2. The van der Waals surface area contributed by atoms with E-state index in [0.29, 0.717) is 18.0 Å². The van der Waals surface area contributed by atoms with Gasteiger partial charge in [0, 0.05) is 32.3 Å². The molecule has 1 aromatic rings. The van der Waals surface area contributed by atoms with Crippen LogP contribution in [0.25, 0.3) is 0 Å². The van der Waals surface area contributed by atoms with E-state index in [-0.39, 0.29) is 17.2 Å². The molecule has 0 unspecified atom stereocenters. The number of piperidine rings is 1. The molecule has 1 fully saturated rings. The van der Waals surface area contributed by atoms with E-state index in [1.165, 1.54) is 6.33 Å². The molecule has 132 valence electrons. The zero-order chi connectivity index (χ0) is 17.7. The van der Waals surface area contributed by atoms with Gasteiger partial charge >= 0.3 is 0 Å². The first-order valence-electron chi connectivity index (χ1n) is 8.59. The number of nitrogens with zero attached hydrogens (tertiary/aromatic N) is 3. The van der Waals surface area contributed by atoms with Crippen molar-refractivity contribution in [2.24, 2.45) is 11.3 Å². The molecule has 1 atom stereocenters. The largest absolute Gasteiger partial charge is 0.354 e. The van der Waals surface area contributed by atoms with Crippen molar-refractivity contribution >= 4 is 11.8 Å². The van der Waals surface area contributed by atoms with Crippen LogP contribution in [-0.4, -0.2) is 46.8 Å². The van der Waals surface area contributed by atoms with Gasteiger partial charge in [-0.05, 0) is 36.7 Å². The van der Waals surface area contributed by atoms with E-state index in [0.717, 1.165) is 38.0 Å². The number of nitrogens with one attached hydrogen (secondary N) is 1. The Morgan fingerprint density at radius 3 is 2.75 bits per heavy atom. The van der Waals surface area contributed by atoms with Gasteiger partial charge in [-0.25, -0.2) is 9.97 Å². The second-order valence-corrected chi connectivity index (χ2v) is 7.76. The average Bonchev–Trinajstić information content (AvgIpc) is 2.53. The highest BCUT2D eigenvalue weighted by Gasteiger charge is 2.27. The summed E-state index contributed by atoms with van der Waals surface area (Å²) in [5.41, 5.74) is 1.26. The van der Waals surface area contributed by atoms with Gasteiger partial charge in [0.15, 0.2) is 0 Å². The Bertz CT molecular complexity index is 595. The van der Waals surface area contributed by atoms with Crippen molar-refractivity contribution in [2.45, 2.75) is 46.5 Å². The molecule has 6 nitrogen and oxygen atoms in total. The maximum absolute atomic E-state index is 12.4. The second kappa shape index (κ2) is 7.73. The van der Waals surface area contributed by atoms with Crippen LogP contribution in [-0.2, 0) is 11.2 Å². The maximum Gasteiger partial charge on any atom is 0.269 e. The van der Waals surface area contributed by atoms with Crippen LogP contribution in [0.3, 0.4) is 0 Å². The predicted molar refractivity (Wildman–Crippen MR) is 92.5 cm³/mol. The Kier molecular flexibility index (Phi) is 5.91. The SMILES string of the molecule is CNC(=O)c1cc(C[C@H]2CCCN(C(=O)CC(C)(C)C)C2)ncn1. The molecule has 0 aromatic carbocycles. The van der Waals surface area contributed by atoms with E-state index in [1.807, 2.05) is 4.90 Å². The van der Waals surface area contributed by atoms with E-state index in [1.54, 1.807) is 13.1 Å². The van der Waals surface area contributed by atoms with Crippen molar-refractivity contribution in [3.8, 4) is 0 Å². The minimum atomic E-state index is -0.204. The minimum absolute atomic E-state index is 0.0130. The monoisotopic (exact) mass is 332 g/mol. The number of rotatable bonds is 4. The van der Waals surface area contributed by atoms with Crippen molar-refractivity contribution in [2.75, 3.05) is 20.1 Å². The predicted octanol–water partition coefficient (Wildman–Crippen LogP) is 2.05. The topological polar surface area (TPSA) is 75.2 Å². The molecule has 2 rings (SSSR count). The average molecular weight is 332 g/mol. The van der Waals surface area contributed by atoms with Crippen LogP contribution in [0.15, 0.2) is 12.4 Å². The molecule has 1 aliphatic heterocycles. The fourth-order valence-corrected chi connectivity index (χ4v) is 3.08. The van der Waals surface area contributed by atoms with Crippen molar-refractivity contribution < 1.29 is 9.59 Å². The van der Waals surface area contributed by atoms with Crippen LogP contribution in [0.4, 0.5) is 0 Å². The van der Waals surface area contributed by atoms with Gasteiger partial charge < -0.3 is 10.2 Å². The van der Waals surface area contributed by atoms with E-state index < -0.39 is 0 Å². The van der Waals surface area contributed by atoms with E-state index in [4.69, 9.17) is 0 Å². The van der Waals surface area contributed by atoms with Gasteiger partial charge in [0.05, 0.1) is 0 Å². The fraction of sp³-hybridized carbons (Fsp3) is 0.667. The van der Waals surface area contributed by atoms with Crippen molar-refractivity contribution in [3.63, 3.8) is 0 Å². The van der Waals surface area contributed by atoms with E-state index in [2.05, 4.69) is 36.1 Å². The number of aromatic nitrogens is 2. The molecular weight excluding hydrogens is 304 g/mol. The Hall–Kier alpha value is -1.98. The lowest BCUT2D eigenvalue weighted by atomic mass is 9.89. The molecule has 1 N–H and O–H groups in total. The van der Waals surface area contributed by atoms with Crippen LogP contribution in [0, 0.1) is 11.3 Å². The van der Waals surface area contributed by atoms with Gasteiger partial charge in [-0.2, -0.15) is 0 Å². The summed E-state index contributed by atoms with van der Waals surface area (Å²) in [5.74, 6) is 0.417. The number of amides is 2. The van der Waals surface area contributed by atoms with Gasteiger partial charge in [-0.3, -0.25) is 9.59 Å². The molecule has 2 heterocycles. The molecule has 6 heteroatoms. The van der Waals surface area contributed by atoms with Gasteiger partial charge in [-0.15, -0.1) is 0 Å². The summed E-state index contributed by atoms with van der Waals surface area (Å²) in [6.45, 7) is 7.89. The van der Waals surface area contributed by atoms with Gasteiger partial charge in [0.25, 0.3) is 5.91 Å². The van der Waals surface area contributed by atoms with Crippen LogP contribution in [0.5, 0.6) is 0 Å². The number of hydrogen-bond acceptors (Lipinski definition) is 4. The van der Waals surface area contributed by atoms with Crippen molar-refractivity contribution in [1.29, 1.82) is 0 Å². The van der Waals surface area contributed by atoms with Crippen molar-refractivity contribution in [3.05, 3.63) is 23.8 Å². The third-order valence-corrected chi connectivity index (χ3v) is 4.23. The highest BCUT2D eigenvalue weighted by Crippen LogP contribution is 2.24. The Balaban J connectivity index is 1.98. The van der Waals surface area contributed by atoms with Crippen LogP contribution < -0.4 is 5.32 Å². The quantitative estimate of drug-likeness (QED) is 0.916. The molecule has 2 amide bonds. The molecule has 1 saturated heterocycles. The van der Waals surface area contributed by atoms with Crippen LogP contribution in [0.1, 0.15) is 56.2 Å². The lowest BCUT2D eigenvalue weighted by Gasteiger charge is -2.34. The van der Waals surface area contributed by atoms with Crippen LogP contribution in [0.2, 0.25) is 0 Å². The minimum Gasteiger partial charge on any atom is -0.354 e. The van der Waals surface area contributed by atoms with Gasteiger partial charge in [-0.1, -0.05) is 20.8 Å². The lowest BCUT2D eigenvalue weighted by Crippen LogP contribution is -2.41. The normalized spacial score (nSPS) is 18.3. The summed E-state index contributed by atoms with van der Waals surface area (Å²) >= 11 is 0. The Morgan fingerprint density at radius 1 is 1.33 bits per heavy atom. The number of carbonyl (C=O) groups excluding carboxylic acids is 2. The lowest BCUT2D eigenvalue weighted by molar-refractivity contribution is -0.134. The first kappa shape index (κ1) is 18.4. The Morgan fingerprint density at radius 2 is 2.08 bits per heavy atom. The van der Waals surface area contributed by atoms with E-state index in [9.17, 15) is 9.59 Å².